The number of hydrogen-bond donors (Lipinski definition) is 1. The zero-order valence-corrected chi connectivity index (χ0v) is 12.1. The van der Waals surface area contributed by atoms with E-state index in [1.165, 1.54) is 10.3 Å². The Morgan fingerprint density at radius 3 is 2.85 bits per heavy atom. The van der Waals surface area contributed by atoms with E-state index in [4.69, 9.17) is 10.5 Å². The molecular weight excluding hydrogens is 268 g/mol. The second kappa shape index (κ2) is 5.51. The van der Waals surface area contributed by atoms with E-state index in [9.17, 15) is 0 Å². The Balaban J connectivity index is 1.77. The summed E-state index contributed by atoms with van der Waals surface area (Å²) in [6, 6.07) is 14.0. The third-order valence-corrected chi connectivity index (χ3v) is 4.30. The van der Waals surface area contributed by atoms with Crippen LogP contribution in [0, 0.1) is 0 Å². The van der Waals surface area contributed by atoms with Crippen LogP contribution < -0.4 is 10.5 Å². The van der Waals surface area contributed by atoms with E-state index in [0.717, 1.165) is 34.8 Å². The summed E-state index contributed by atoms with van der Waals surface area (Å²) in [4.78, 5) is 4.66. The highest BCUT2D eigenvalue weighted by molar-refractivity contribution is 7.18. The van der Waals surface area contributed by atoms with Gasteiger partial charge in [0.15, 0.2) is 0 Å². The summed E-state index contributed by atoms with van der Waals surface area (Å²) in [7, 11) is 1.68. The number of hydrogen-bond acceptors (Lipinski definition) is 4. The van der Waals surface area contributed by atoms with Crippen molar-refractivity contribution in [3.05, 3.63) is 53.0 Å². The van der Waals surface area contributed by atoms with Gasteiger partial charge in [-0.1, -0.05) is 12.1 Å². The molecule has 0 bridgehead atoms. The molecule has 0 radical (unpaired) electrons. The lowest BCUT2D eigenvalue weighted by atomic mass is 10.1. The molecule has 1 heterocycles. The van der Waals surface area contributed by atoms with Crippen molar-refractivity contribution in [2.45, 2.75) is 12.8 Å². The van der Waals surface area contributed by atoms with Gasteiger partial charge < -0.3 is 10.5 Å². The Hall–Kier alpha value is -2.07. The Kier molecular flexibility index (Phi) is 3.56. The Morgan fingerprint density at radius 2 is 2.05 bits per heavy atom. The fourth-order valence-electron chi connectivity index (χ4n) is 2.19. The molecule has 3 rings (SSSR count). The van der Waals surface area contributed by atoms with Gasteiger partial charge in [0.2, 0.25) is 0 Å². The average Bonchev–Trinajstić information content (AvgIpc) is 2.87. The molecule has 3 nitrogen and oxygen atoms in total. The predicted molar refractivity (Wildman–Crippen MR) is 84.4 cm³/mol. The first-order chi connectivity index (χ1) is 9.74. The van der Waals surface area contributed by atoms with Crippen LogP contribution in [0.25, 0.3) is 10.2 Å². The SMILES string of the molecule is COc1ccc2nc(CCc3cccc(N)c3)sc2c1. The zero-order chi connectivity index (χ0) is 13.9. The molecule has 0 unspecified atom stereocenters. The summed E-state index contributed by atoms with van der Waals surface area (Å²) >= 11 is 1.73. The lowest BCUT2D eigenvalue weighted by molar-refractivity contribution is 0.415. The Morgan fingerprint density at radius 1 is 1.15 bits per heavy atom. The fourth-order valence-corrected chi connectivity index (χ4v) is 3.18. The lowest BCUT2D eigenvalue weighted by Crippen LogP contribution is -1.92. The van der Waals surface area contributed by atoms with Crippen molar-refractivity contribution in [2.24, 2.45) is 0 Å². The first-order valence-corrected chi connectivity index (χ1v) is 7.34. The molecule has 0 atom stereocenters. The number of aryl methyl sites for hydroxylation is 2. The van der Waals surface area contributed by atoms with Gasteiger partial charge in [0.25, 0.3) is 0 Å². The molecule has 0 aliphatic heterocycles. The number of nitrogen functional groups attached to an aromatic ring is 1. The van der Waals surface area contributed by atoms with Gasteiger partial charge in [0.05, 0.1) is 22.3 Å². The molecule has 0 aliphatic carbocycles. The standard InChI is InChI=1S/C16H16N2OS/c1-19-13-6-7-14-15(10-13)20-16(18-14)8-5-11-3-2-4-12(17)9-11/h2-4,6-7,9-10H,5,8,17H2,1H3. The molecule has 2 N–H and O–H groups in total. The number of nitrogens with two attached hydrogens (primary N) is 1. The molecule has 102 valence electrons. The van der Waals surface area contributed by atoms with E-state index in [1.807, 2.05) is 36.4 Å². The summed E-state index contributed by atoms with van der Waals surface area (Å²) in [5, 5.41) is 1.15. The summed E-state index contributed by atoms with van der Waals surface area (Å²) in [5.74, 6) is 0.878. The molecule has 0 aliphatic rings. The first kappa shape index (κ1) is 12.9. The first-order valence-electron chi connectivity index (χ1n) is 6.52. The van der Waals surface area contributed by atoms with Crippen LogP contribution >= 0.6 is 11.3 Å². The number of aromatic nitrogens is 1. The number of thiazole rings is 1. The van der Waals surface area contributed by atoms with Gasteiger partial charge in [-0.25, -0.2) is 4.98 Å². The lowest BCUT2D eigenvalue weighted by Gasteiger charge is -2.00. The Bertz CT molecular complexity index is 736. The van der Waals surface area contributed by atoms with Gasteiger partial charge >= 0.3 is 0 Å². The van der Waals surface area contributed by atoms with Crippen LogP contribution in [0.1, 0.15) is 10.6 Å². The molecule has 2 aromatic carbocycles. The van der Waals surface area contributed by atoms with Crippen molar-refractivity contribution >= 4 is 27.2 Å². The summed E-state index contributed by atoms with van der Waals surface area (Å²) in [6.07, 6.45) is 1.90. The third-order valence-electron chi connectivity index (χ3n) is 3.22. The highest BCUT2D eigenvalue weighted by atomic mass is 32.1. The van der Waals surface area contributed by atoms with Crippen molar-refractivity contribution in [3.63, 3.8) is 0 Å². The van der Waals surface area contributed by atoms with Crippen molar-refractivity contribution < 1.29 is 4.74 Å². The predicted octanol–water partition coefficient (Wildman–Crippen LogP) is 3.67. The van der Waals surface area contributed by atoms with E-state index >= 15 is 0 Å². The van der Waals surface area contributed by atoms with Gasteiger partial charge in [-0.15, -0.1) is 11.3 Å². The number of rotatable bonds is 4. The maximum atomic E-state index is 5.79. The van der Waals surface area contributed by atoms with E-state index in [2.05, 4.69) is 11.1 Å². The van der Waals surface area contributed by atoms with Gasteiger partial charge in [-0.05, 0) is 42.3 Å². The van der Waals surface area contributed by atoms with Gasteiger partial charge in [0, 0.05) is 12.1 Å². The number of benzene rings is 2. The minimum Gasteiger partial charge on any atom is -0.497 e. The van der Waals surface area contributed by atoms with Crippen LogP contribution in [0.15, 0.2) is 42.5 Å². The van der Waals surface area contributed by atoms with Crippen LogP contribution in [-0.2, 0) is 12.8 Å². The van der Waals surface area contributed by atoms with Crippen LogP contribution in [0.3, 0.4) is 0 Å². The second-order valence-electron chi connectivity index (χ2n) is 4.69. The van der Waals surface area contributed by atoms with Gasteiger partial charge in [-0.3, -0.25) is 0 Å². The minimum absolute atomic E-state index is 0.816. The smallest absolute Gasteiger partial charge is 0.120 e. The maximum Gasteiger partial charge on any atom is 0.120 e. The van der Waals surface area contributed by atoms with Crippen LogP contribution in [0.5, 0.6) is 5.75 Å². The molecule has 3 aromatic rings. The average molecular weight is 284 g/mol. The number of anilines is 1. The number of nitrogens with zero attached hydrogens (tertiary/aromatic N) is 1. The normalized spacial score (nSPS) is 10.8. The third kappa shape index (κ3) is 2.75. The van der Waals surface area contributed by atoms with E-state index in [0.29, 0.717) is 0 Å². The molecule has 0 saturated heterocycles. The van der Waals surface area contributed by atoms with E-state index < -0.39 is 0 Å². The van der Waals surface area contributed by atoms with Crippen molar-refractivity contribution in [1.82, 2.24) is 4.98 Å². The topological polar surface area (TPSA) is 48.1 Å². The quantitative estimate of drug-likeness (QED) is 0.744. The summed E-state index contributed by atoms with van der Waals surface area (Å²) in [6.45, 7) is 0. The summed E-state index contributed by atoms with van der Waals surface area (Å²) in [5.41, 5.74) is 8.90. The van der Waals surface area contributed by atoms with Crippen LogP contribution in [0.2, 0.25) is 0 Å². The van der Waals surface area contributed by atoms with Gasteiger partial charge in [0.1, 0.15) is 5.75 Å². The van der Waals surface area contributed by atoms with Crippen LogP contribution in [0.4, 0.5) is 5.69 Å². The monoisotopic (exact) mass is 284 g/mol. The van der Waals surface area contributed by atoms with E-state index in [1.54, 1.807) is 18.4 Å². The highest BCUT2D eigenvalue weighted by Crippen LogP contribution is 2.27. The molecule has 20 heavy (non-hydrogen) atoms. The van der Waals surface area contributed by atoms with Crippen molar-refractivity contribution in [3.8, 4) is 5.75 Å². The molecule has 0 fully saturated rings. The number of ether oxygens (including phenoxy) is 1. The Labute approximate surface area is 122 Å². The highest BCUT2D eigenvalue weighted by Gasteiger charge is 2.05. The van der Waals surface area contributed by atoms with Crippen molar-refractivity contribution in [2.75, 3.05) is 12.8 Å². The summed E-state index contributed by atoms with van der Waals surface area (Å²) < 4.78 is 6.41. The minimum atomic E-state index is 0.816. The van der Waals surface area contributed by atoms with Crippen molar-refractivity contribution in [1.29, 1.82) is 0 Å². The number of fused-ring (bicyclic) bond motifs is 1. The molecule has 1 aromatic heterocycles. The van der Waals surface area contributed by atoms with Crippen LogP contribution in [-0.4, -0.2) is 12.1 Å². The number of methoxy groups -OCH3 is 1. The molecule has 0 spiro atoms. The van der Waals surface area contributed by atoms with E-state index in [-0.39, 0.29) is 0 Å². The second-order valence-corrected chi connectivity index (χ2v) is 5.80. The fraction of sp³-hybridized carbons (Fsp3) is 0.188. The maximum absolute atomic E-state index is 5.79. The molecule has 0 saturated carbocycles. The largest absolute Gasteiger partial charge is 0.497 e. The molecule has 0 amide bonds. The molecular formula is C16H16N2OS. The van der Waals surface area contributed by atoms with Gasteiger partial charge in [-0.2, -0.15) is 0 Å². The zero-order valence-electron chi connectivity index (χ0n) is 11.3. The molecule has 4 heteroatoms.